The largest absolute Gasteiger partial charge is 0.0616 e. The molecular formula is C14H10N. The molecular weight excluding hydrogens is 182 g/mol. The molecule has 0 spiro atoms. The molecule has 3 aromatic carbocycles. The summed E-state index contributed by atoms with van der Waals surface area (Å²) in [4.78, 5) is 0. The Kier molecular flexibility index (Phi) is 2.40. The lowest BCUT2D eigenvalue weighted by atomic mass is 10.0. The molecule has 0 unspecified atom stereocenters. The van der Waals surface area contributed by atoms with E-state index in [1.807, 2.05) is 0 Å². The normalized spacial score (nSPS) is 10.1. The van der Waals surface area contributed by atoms with Gasteiger partial charge in [0.2, 0.25) is 0 Å². The fraction of sp³-hybridized carbons (Fsp3) is 0. The molecule has 0 amide bonds. The van der Waals surface area contributed by atoms with Gasteiger partial charge >= 0.3 is 0 Å². The minimum Gasteiger partial charge on any atom is -0.0616 e. The van der Waals surface area contributed by atoms with Crippen molar-refractivity contribution >= 4 is 21.5 Å². The number of hydrogen-bond donors (Lipinski definition) is 0. The quantitative estimate of drug-likeness (QED) is 0.488. The van der Waals surface area contributed by atoms with Gasteiger partial charge in [0.15, 0.2) is 0 Å². The summed E-state index contributed by atoms with van der Waals surface area (Å²) in [7, 11) is 0. The summed E-state index contributed by atoms with van der Waals surface area (Å²) >= 11 is 0. The zero-order chi connectivity index (χ0) is 9.38. The molecule has 0 fully saturated rings. The summed E-state index contributed by atoms with van der Waals surface area (Å²) in [5.74, 6) is 0. The lowest BCUT2D eigenvalue weighted by molar-refractivity contribution is 1.76. The first-order valence-corrected chi connectivity index (χ1v) is 4.81. The number of nitrogens with zero attached hydrogens (tertiary/aromatic N) is 1. The maximum Gasteiger partial charge on any atom is 0 e. The Morgan fingerprint density at radius 2 is 0.733 bits per heavy atom. The Hall–Kier alpha value is -1.86. The van der Waals surface area contributed by atoms with E-state index >= 15 is 0 Å². The first kappa shape index (κ1) is 9.69. The van der Waals surface area contributed by atoms with Crippen LogP contribution < -0.4 is 6.15 Å². The molecule has 3 radical (unpaired) electrons. The van der Waals surface area contributed by atoms with E-state index in [0.717, 1.165) is 0 Å². The average Bonchev–Trinajstić information content (AvgIpc) is 2.26. The fourth-order valence-corrected chi connectivity index (χ4v) is 1.88. The average molecular weight is 192 g/mol. The second kappa shape index (κ2) is 3.71. The Bertz CT molecular complexity index is 494. The standard InChI is InChI=1S/C14H10.N/c1-2-6-12-10-14-8-4-3-7-13(14)9-11(12)5-1;/h1-10H;. The van der Waals surface area contributed by atoms with Crippen LogP contribution in [0, 0.1) is 0 Å². The zero-order valence-corrected chi connectivity index (χ0v) is 8.22. The highest BCUT2D eigenvalue weighted by molar-refractivity contribution is 5.97. The maximum atomic E-state index is 2.24. The summed E-state index contributed by atoms with van der Waals surface area (Å²) < 4.78 is 0. The highest BCUT2D eigenvalue weighted by Crippen LogP contribution is 2.21. The van der Waals surface area contributed by atoms with Crippen molar-refractivity contribution in [1.82, 2.24) is 6.15 Å². The van der Waals surface area contributed by atoms with E-state index in [1.54, 1.807) is 0 Å². The second-order valence-electron chi connectivity index (χ2n) is 3.55. The fourth-order valence-electron chi connectivity index (χ4n) is 1.88. The SMILES string of the molecule is [N].c1ccc2cc3ccccc3cc2c1. The predicted molar refractivity (Wildman–Crippen MR) is 63.6 cm³/mol. The van der Waals surface area contributed by atoms with Crippen molar-refractivity contribution in [2.75, 3.05) is 0 Å². The molecule has 0 bridgehead atoms. The van der Waals surface area contributed by atoms with Gasteiger partial charge in [-0.25, -0.2) is 0 Å². The first-order chi connectivity index (χ1) is 6.93. The molecule has 1 nitrogen and oxygen atoms in total. The summed E-state index contributed by atoms with van der Waals surface area (Å²) in [6, 6.07) is 21.4. The number of rotatable bonds is 0. The Morgan fingerprint density at radius 3 is 1.00 bits per heavy atom. The van der Waals surface area contributed by atoms with Crippen LogP contribution in [-0.2, 0) is 0 Å². The molecule has 0 aliphatic heterocycles. The lowest BCUT2D eigenvalue weighted by Crippen LogP contribution is -1.74. The zero-order valence-electron chi connectivity index (χ0n) is 8.22. The molecule has 0 saturated heterocycles. The summed E-state index contributed by atoms with van der Waals surface area (Å²) in [6.07, 6.45) is 0. The molecule has 0 atom stereocenters. The minimum absolute atomic E-state index is 0. The van der Waals surface area contributed by atoms with Gasteiger partial charge < -0.3 is 0 Å². The molecule has 71 valence electrons. The van der Waals surface area contributed by atoms with Gasteiger partial charge in [-0.1, -0.05) is 48.5 Å². The van der Waals surface area contributed by atoms with Gasteiger partial charge in [-0.05, 0) is 33.7 Å². The van der Waals surface area contributed by atoms with Crippen LogP contribution in [0.1, 0.15) is 0 Å². The molecule has 0 heterocycles. The smallest absolute Gasteiger partial charge is 0 e. The third-order valence-corrected chi connectivity index (χ3v) is 2.61. The van der Waals surface area contributed by atoms with Crippen LogP contribution in [0.2, 0.25) is 0 Å². The van der Waals surface area contributed by atoms with Gasteiger partial charge in [0.05, 0.1) is 0 Å². The van der Waals surface area contributed by atoms with E-state index in [9.17, 15) is 0 Å². The van der Waals surface area contributed by atoms with E-state index in [-0.39, 0.29) is 6.15 Å². The number of benzene rings is 3. The monoisotopic (exact) mass is 192 g/mol. The molecule has 0 saturated carbocycles. The van der Waals surface area contributed by atoms with E-state index < -0.39 is 0 Å². The van der Waals surface area contributed by atoms with E-state index in [2.05, 4.69) is 60.7 Å². The molecule has 15 heavy (non-hydrogen) atoms. The summed E-state index contributed by atoms with van der Waals surface area (Å²) in [5, 5.41) is 5.25. The van der Waals surface area contributed by atoms with E-state index in [1.165, 1.54) is 21.5 Å². The highest BCUT2D eigenvalue weighted by Gasteiger charge is 1.95. The van der Waals surface area contributed by atoms with Crippen LogP contribution in [0.25, 0.3) is 21.5 Å². The Morgan fingerprint density at radius 1 is 0.467 bits per heavy atom. The van der Waals surface area contributed by atoms with Gasteiger partial charge in [-0.2, -0.15) is 0 Å². The van der Waals surface area contributed by atoms with Gasteiger partial charge in [-0.15, -0.1) is 0 Å². The van der Waals surface area contributed by atoms with Gasteiger partial charge in [0.25, 0.3) is 0 Å². The van der Waals surface area contributed by atoms with E-state index in [0.29, 0.717) is 0 Å². The van der Waals surface area contributed by atoms with Crippen molar-refractivity contribution in [3.63, 3.8) is 0 Å². The molecule has 0 aliphatic rings. The molecule has 3 aromatic rings. The third kappa shape index (κ3) is 1.58. The molecule has 3 rings (SSSR count). The van der Waals surface area contributed by atoms with Gasteiger partial charge in [-0.3, -0.25) is 0 Å². The Balaban J connectivity index is 0.000000853. The van der Waals surface area contributed by atoms with Crippen molar-refractivity contribution in [2.45, 2.75) is 0 Å². The predicted octanol–water partition coefficient (Wildman–Crippen LogP) is 3.51. The van der Waals surface area contributed by atoms with Crippen molar-refractivity contribution < 1.29 is 0 Å². The Labute approximate surface area is 88.9 Å². The summed E-state index contributed by atoms with van der Waals surface area (Å²) in [5.41, 5.74) is 0. The maximum absolute atomic E-state index is 2.24. The van der Waals surface area contributed by atoms with E-state index in [4.69, 9.17) is 0 Å². The van der Waals surface area contributed by atoms with Gasteiger partial charge in [0, 0.05) is 6.15 Å². The number of hydrogen-bond acceptors (Lipinski definition) is 0. The summed E-state index contributed by atoms with van der Waals surface area (Å²) in [6.45, 7) is 0. The van der Waals surface area contributed by atoms with Crippen molar-refractivity contribution in [3.8, 4) is 0 Å². The van der Waals surface area contributed by atoms with Crippen LogP contribution in [0.4, 0.5) is 0 Å². The highest BCUT2D eigenvalue weighted by atomic mass is 14.0. The second-order valence-corrected chi connectivity index (χ2v) is 3.55. The molecule has 1 heteroatoms. The third-order valence-electron chi connectivity index (χ3n) is 2.61. The molecule has 0 aromatic heterocycles. The lowest BCUT2D eigenvalue weighted by Gasteiger charge is -2.00. The van der Waals surface area contributed by atoms with Crippen LogP contribution in [0.3, 0.4) is 0 Å². The topological polar surface area (TPSA) is 30.5 Å². The van der Waals surface area contributed by atoms with Crippen LogP contribution in [-0.4, -0.2) is 0 Å². The molecule has 0 N–H and O–H groups in total. The van der Waals surface area contributed by atoms with Crippen LogP contribution in [0.15, 0.2) is 60.7 Å². The number of fused-ring (bicyclic) bond motifs is 2. The molecule has 0 aliphatic carbocycles. The van der Waals surface area contributed by atoms with Crippen LogP contribution >= 0.6 is 0 Å². The van der Waals surface area contributed by atoms with Crippen molar-refractivity contribution in [1.29, 1.82) is 0 Å². The van der Waals surface area contributed by atoms with Crippen molar-refractivity contribution in [2.24, 2.45) is 0 Å². The first-order valence-electron chi connectivity index (χ1n) is 4.81. The minimum atomic E-state index is 0. The van der Waals surface area contributed by atoms with Gasteiger partial charge in [0.1, 0.15) is 0 Å². The van der Waals surface area contributed by atoms with Crippen LogP contribution in [0.5, 0.6) is 0 Å². The van der Waals surface area contributed by atoms with Crippen molar-refractivity contribution in [3.05, 3.63) is 60.7 Å².